The number of aliphatic hydroxyl groups is 1. The predicted octanol–water partition coefficient (Wildman–Crippen LogP) is 1.94. The number of rotatable bonds is 6. The van der Waals surface area contributed by atoms with E-state index in [2.05, 4.69) is 40.3 Å². The fraction of sp³-hybridized carbons (Fsp3) is 0.793. The number of allylic oxidation sites excluding steroid dienone is 2. The highest BCUT2D eigenvalue weighted by Gasteiger charge is 2.70. The van der Waals surface area contributed by atoms with Crippen molar-refractivity contribution in [1.82, 2.24) is 26.2 Å². The first-order valence-corrected chi connectivity index (χ1v) is 14.7. The summed E-state index contributed by atoms with van der Waals surface area (Å²) in [4.78, 5) is 19.7. The first-order valence-electron chi connectivity index (χ1n) is 14.7. The fourth-order valence-corrected chi connectivity index (χ4v) is 8.33. The van der Waals surface area contributed by atoms with Crippen LogP contribution in [0.25, 0.3) is 0 Å². The van der Waals surface area contributed by atoms with Crippen LogP contribution in [0.1, 0.15) is 58.8 Å². The zero-order chi connectivity index (χ0) is 25.9. The largest absolute Gasteiger partial charge is 0.379 e. The van der Waals surface area contributed by atoms with Gasteiger partial charge in [0.15, 0.2) is 0 Å². The Kier molecular flexibility index (Phi) is 6.65. The lowest BCUT2D eigenvalue weighted by Crippen LogP contribution is -2.57. The van der Waals surface area contributed by atoms with Crippen molar-refractivity contribution in [1.29, 1.82) is 0 Å². The Hall–Kier alpha value is -1.90. The number of aliphatic imine (C=N–C) groups is 1. The van der Waals surface area contributed by atoms with E-state index in [1.165, 1.54) is 30.7 Å². The first kappa shape index (κ1) is 25.4. The van der Waals surface area contributed by atoms with Gasteiger partial charge in [-0.3, -0.25) is 20.4 Å². The summed E-state index contributed by atoms with van der Waals surface area (Å²) in [6.45, 7) is 6.11. The Labute approximate surface area is 221 Å². The summed E-state index contributed by atoms with van der Waals surface area (Å²) in [5, 5.41) is 25.2. The summed E-state index contributed by atoms with van der Waals surface area (Å²) >= 11 is 0. The van der Waals surface area contributed by atoms with Crippen LogP contribution >= 0.6 is 0 Å². The fourth-order valence-electron chi connectivity index (χ4n) is 8.33. The molecular weight excluding hydrogens is 464 g/mol. The molecule has 6 rings (SSSR count). The smallest absolute Gasteiger partial charge is 0.229 e. The third kappa shape index (κ3) is 4.43. The van der Waals surface area contributed by atoms with Crippen LogP contribution in [0.4, 0.5) is 0 Å². The molecule has 3 aliphatic carbocycles. The Balaban J connectivity index is 1.17. The van der Waals surface area contributed by atoms with Crippen molar-refractivity contribution in [3.8, 4) is 0 Å². The Morgan fingerprint density at radius 2 is 2.08 bits per heavy atom. The number of carbonyl (C=O) groups is 1. The van der Waals surface area contributed by atoms with E-state index in [0.29, 0.717) is 35.8 Å². The molecule has 37 heavy (non-hydrogen) atoms. The van der Waals surface area contributed by atoms with Crippen LogP contribution in [0.5, 0.6) is 0 Å². The molecule has 1 amide bonds. The number of amides is 1. The average Bonchev–Trinajstić information content (AvgIpc) is 3.53. The SMILES string of the molecule is CCC(O)NC1CC(C)CC(C2CN=C3N[C@@H]4C[C@@]4(C4NCC5=C(C=CCC5C(=O)N(C)C)N4)C3C2)C1. The van der Waals surface area contributed by atoms with Crippen LogP contribution in [0.15, 0.2) is 28.4 Å². The van der Waals surface area contributed by atoms with Gasteiger partial charge in [-0.25, -0.2) is 0 Å². The molecule has 0 aromatic carbocycles. The minimum Gasteiger partial charge on any atom is -0.379 e. The molecule has 8 heteroatoms. The average molecular weight is 511 g/mol. The molecule has 5 N–H and O–H groups in total. The van der Waals surface area contributed by atoms with E-state index < -0.39 is 6.23 Å². The highest BCUT2D eigenvalue weighted by molar-refractivity contribution is 5.91. The molecule has 0 radical (unpaired) electrons. The monoisotopic (exact) mass is 510 g/mol. The van der Waals surface area contributed by atoms with Gasteiger partial charge in [0.2, 0.25) is 5.91 Å². The molecule has 10 atom stereocenters. The van der Waals surface area contributed by atoms with Gasteiger partial charge in [0.05, 0.1) is 12.1 Å². The Bertz CT molecular complexity index is 1010. The lowest BCUT2D eigenvalue weighted by molar-refractivity contribution is -0.131. The summed E-state index contributed by atoms with van der Waals surface area (Å²) in [5.41, 5.74) is 2.51. The first-order chi connectivity index (χ1) is 17.8. The maximum atomic E-state index is 12.8. The van der Waals surface area contributed by atoms with E-state index in [1.807, 2.05) is 21.0 Å². The van der Waals surface area contributed by atoms with Gasteiger partial charge in [-0.05, 0) is 74.3 Å². The molecule has 1 saturated heterocycles. The van der Waals surface area contributed by atoms with E-state index in [-0.39, 0.29) is 23.4 Å². The molecule has 0 aromatic heterocycles. The minimum absolute atomic E-state index is 0.0672. The topological polar surface area (TPSA) is 101 Å². The van der Waals surface area contributed by atoms with Gasteiger partial charge >= 0.3 is 0 Å². The second-order valence-electron chi connectivity index (χ2n) is 13.0. The Morgan fingerprint density at radius 3 is 2.86 bits per heavy atom. The highest BCUT2D eigenvalue weighted by Crippen LogP contribution is 2.62. The zero-order valence-corrected chi connectivity index (χ0v) is 23.0. The maximum Gasteiger partial charge on any atom is 0.229 e. The summed E-state index contributed by atoms with van der Waals surface area (Å²) in [7, 11) is 3.70. The molecule has 3 fully saturated rings. The molecule has 0 spiro atoms. The van der Waals surface area contributed by atoms with Crippen LogP contribution < -0.4 is 21.3 Å². The number of fused-ring (bicyclic) bond motifs is 3. The van der Waals surface area contributed by atoms with E-state index >= 15 is 0 Å². The normalized spacial score (nSPS) is 43.0. The number of nitrogens with zero attached hydrogens (tertiary/aromatic N) is 2. The molecule has 0 aromatic rings. The zero-order valence-electron chi connectivity index (χ0n) is 23.0. The van der Waals surface area contributed by atoms with Gasteiger partial charge < -0.3 is 20.6 Å². The van der Waals surface area contributed by atoms with Crippen LogP contribution in [-0.4, -0.2) is 73.4 Å². The lowest BCUT2D eigenvalue weighted by atomic mass is 9.68. The molecule has 6 aliphatic rings. The van der Waals surface area contributed by atoms with Gasteiger partial charge in [0.1, 0.15) is 12.1 Å². The third-order valence-electron chi connectivity index (χ3n) is 10.3. The standard InChI is InChI=1S/C29H46N6O2/c1-5-25(36)32-19-10-16(2)9-17(11-19)18-12-22-26(30-14-18)34-24-13-29(22,24)28-31-15-21-20(27(37)35(3)4)7-6-8-23(21)33-28/h6,8,16-20,22,24-25,28,31-33,36H,5,7,9-15H2,1-4H3,(H,30,34)/t16?,17?,18?,19?,20?,22?,24-,25?,28?,29-/m1/s1. The number of nitrogens with one attached hydrogen (secondary N) is 4. The van der Waals surface area contributed by atoms with Crippen molar-refractivity contribution in [2.24, 2.45) is 40.0 Å². The quantitative estimate of drug-likeness (QED) is 0.350. The third-order valence-corrected chi connectivity index (χ3v) is 10.3. The van der Waals surface area contributed by atoms with Crippen LogP contribution in [0.2, 0.25) is 0 Å². The van der Waals surface area contributed by atoms with E-state index in [4.69, 9.17) is 4.99 Å². The van der Waals surface area contributed by atoms with Crippen molar-refractivity contribution >= 4 is 11.7 Å². The second-order valence-corrected chi connectivity index (χ2v) is 13.0. The Morgan fingerprint density at radius 1 is 1.24 bits per heavy atom. The summed E-state index contributed by atoms with van der Waals surface area (Å²) in [6, 6.07) is 0.884. The molecule has 2 saturated carbocycles. The van der Waals surface area contributed by atoms with Crippen LogP contribution in [0.3, 0.4) is 0 Å². The minimum atomic E-state index is -0.398. The van der Waals surface area contributed by atoms with Gasteiger partial charge in [0.25, 0.3) is 0 Å². The lowest BCUT2D eigenvalue weighted by Gasteiger charge is -2.44. The summed E-state index contributed by atoms with van der Waals surface area (Å²) < 4.78 is 0. The van der Waals surface area contributed by atoms with Crippen LogP contribution in [-0.2, 0) is 4.79 Å². The van der Waals surface area contributed by atoms with E-state index in [1.54, 1.807) is 4.90 Å². The van der Waals surface area contributed by atoms with Gasteiger partial charge in [-0.15, -0.1) is 0 Å². The summed E-state index contributed by atoms with van der Waals surface area (Å²) in [6.07, 6.45) is 11.6. The highest BCUT2D eigenvalue weighted by atomic mass is 16.3. The van der Waals surface area contributed by atoms with Crippen molar-refractivity contribution in [2.75, 3.05) is 27.2 Å². The number of carbonyl (C=O) groups excluding carboxylic acids is 1. The van der Waals surface area contributed by atoms with Crippen LogP contribution in [0, 0.1) is 35.0 Å². The van der Waals surface area contributed by atoms with Crippen molar-refractivity contribution in [3.05, 3.63) is 23.4 Å². The van der Waals surface area contributed by atoms with Crippen molar-refractivity contribution in [3.63, 3.8) is 0 Å². The second kappa shape index (κ2) is 9.69. The summed E-state index contributed by atoms with van der Waals surface area (Å²) in [5.74, 6) is 3.75. The number of aliphatic hydroxyl groups excluding tert-OH is 1. The molecular formula is C29H46N6O2. The molecule has 204 valence electrons. The number of amidine groups is 1. The van der Waals surface area contributed by atoms with Crippen molar-refractivity contribution in [2.45, 2.75) is 83.3 Å². The van der Waals surface area contributed by atoms with Gasteiger partial charge in [0, 0.05) is 56.3 Å². The maximum absolute atomic E-state index is 12.8. The molecule has 0 bridgehead atoms. The molecule has 8 nitrogen and oxygen atoms in total. The number of hydrogen-bond donors (Lipinski definition) is 5. The molecule has 8 unspecified atom stereocenters. The number of piperidine rings is 1. The van der Waals surface area contributed by atoms with Crippen molar-refractivity contribution < 1.29 is 9.90 Å². The molecule has 3 heterocycles. The van der Waals surface area contributed by atoms with Gasteiger partial charge in [-0.1, -0.05) is 19.9 Å². The number of hydrogen-bond acceptors (Lipinski definition) is 7. The molecule has 3 aliphatic heterocycles. The van der Waals surface area contributed by atoms with E-state index in [0.717, 1.165) is 44.5 Å². The van der Waals surface area contributed by atoms with E-state index in [9.17, 15) is 9.90 Å². The van der Waals surface area contributed by atoms with Gasteiger partial charge in [-0.2, -0.15) is 0 Å². The predicted molar refractivity (Wildman–Crippen MR) is 145 cm³/mol.